The van der Waals surface area contributed by atoms with E-state index in [-0.39, 0.29) is 11.8 Å². The van der Waals surface area contributed by atoms with Gasteiger partial charge < -0.3 is 9.47 Å². The van der Waals surface area contributed by atoms with Crippen molar-refractivity contribution in [3.8, 4) is 22.9 Å². The Morgan fingerprint density at radius 2 is 2.11 bits per heavy atom. The van der Waals surface area contributed by atoms with Gasteiger partial charge in [0.2, 0.25) is 0 Å². The number of nitrogens with one attached hydrogen (secondary N) is 1. The summed E-state index contributed by atoms with van der Waals surface area (Å²) in [5.74, 6) is 0.397. The van der Waals surface area contributed by atoms with Crippen molar-refractivity contribution < 1.29 is 14.3 Å². The molecule has 0 unspecified atom stereocenters. The number of benzene rings is 1. The number of ether oxygens (including phenoxy) is 2. The van der Waals surface area contributed by atoms with Crippen molar-refractivity contribution in [2.24, 2.45) is 0 Å². The molecule has 1 amide bonds. The van der Waals surface area contributed by atoms with Gasteiger partial charge in [-0.3, -0.25) is 15.1 Å². The van der Waals surface area contributed by atoms with E-state index in [1.165, 1.54) is 17.5 Å². The molecule has 4 heterocycles. The van der Waals surface area contributed by atoms with Crippen molar-refractivity contribution in [1.29, 1.82) is 5.26 Å². The fraction of sp³-hybridized carbons (Fsp3) is 0.280. The summed E-state index contributed by atoms with van der Waals surface area (Å²) in [5.41, 5.74) is 4.14. The number of hydrogen-bond acceptors (Lipinski definition) is 9. The minimum Gasteiger partial charge on any atom is -0.496 e. The smallest absolute Gasteiger partial charge is 0.259 e. The molecule has 0 bridgehead atoms. The van der Waals surface area contributed by atoms with E-state index in [1.54, 1.807) is 37.6 Å². The molecule has 0 radical (unpaired) electrons. The number of thiazole rings is 1. The van der Waals surface area contributed by atoms with Crippen LogP contribution in [0.15, 0.2) is 36.7 Å². The fourth-order valence-corrected chi connectivity index (χ4v) is 4.87. The first-order valence-electron chi connectivity index (χ1n) is 11.1. The lowest BCUT2D eigenvalue weighted by molar-refractivity contribution is 0.0793. The molecule has 1 saturated heterocycles. The quantitative estimate of drug-likeness (QED) is 0.438. The number of carbonyl (C=O) groups is 1. The maximum Gasteiger partial charge on any atom is 0.259 e. The monoisotopic (exact) mass is 486 g/mol. The van der Waals surface area contributed by atoms with Crippen LogP contribution in [0.2, 0.25) is 0 Å². The second-order valence-corrected chi connectivity index (χ2v) is 9.19. The standard InChI is InChI=1S/C25H22N6O3S/c1-14-8-17(18-9-15(10-26)5-6-21(18)33-2)19(11-27-14)23(32)31-25-30-22-24(35-25)29-20(12-28-22)16-4-3-7-34-13-16/h5-6,8-9,11-12,16H,3-4,7,13H2,1-2H3,(H,28,30,31,32)/t16-/m0/s1. The summed E-state index contributed by atoms with van der Waals surface area (Å²) in [6.07, 6.45) is 5.28. The molecule has 9 nitrogen and oxygen atoms in total. The van der Waals surface area contributed by atoms with Crippen LogP contribution in [-0.4, -0.2) is 46.2 Å². The first kappa shape index (κ1) is 22.8. The Morgan fingerprint density at radius 1 is 1.23 bits per heavy atom. The SMILES string of the molecule is COc1ccc(C#N)cc1-c1cc(C)ncc1C(=O)Nc1nc2ncc([C@H]3CCCOC3)nc2s1. The molecular formula is C25H22N6O3S. The molecule has 0 spiro atoms. The van der Waals surface area contributed by atoms with Gasteiger partial charge in [0, 0.05) is 35.5 Å². The van der Waals surface area contributed by atoms with Gasteiger partial charge in [0.1, 0.15) is 5.75 Å². The summed E-state index contributed by atoms with van der Waals surface area (Å²) >= 11 is 1.27. The molecule has 1 aromatic carbocycles. The zero-order valence-corrected chi connectivity index (χ0v) is 20.1. The van der Waals surface area contributed by atoms with Gasteiger partial charge in [-0.2, -0.15) is 10.2 Å². The highest BCUT2D eigenvalue weighted by Gasteiger charge is 2.21. The van der Waals surface area contributed by atoms with E-state index in [0.29, 0.717) is 50.2 Å². The van der Waals surface area contributed by atoms with E-state index in [0.717, 1.165) is 30.8 Å². The van der Waals surface area contributed by atoms with E-state index in [4.69, 9.17) is 14.5 Å². The van der Waals surface area contributed by atoms with Crippen molar-refractivity contribution in [2.45, 2.75) is 25.7 Å². The summed E-state index contributed by atoms with van der Waals surface area (Å²) < 4.78 is 11.1. The lowest BCUT2D eigenvalue weighted by atomic mass is 9.97. The van der Waals surface area contributed by atoms with Gasteiger partial charge >= 0.3 is 0 Å². The Kier molecular flexibility index (Phi) is 6.35. The van der Waals surface area contributed by atoms with Gasteiger partial charge in [0.15, 0.2) is 15.6 Å². The second-order valence-electron chi connectivity index (χ2n) is 8.21. The van der Waals surface area contributed by atoms with Gasteiger partial charge in [-0.1, -0.05) is 11.3 Å². The fourth-order valence-electron chi connectivity index (χ4n) is 4.07. The van der Waals surface area contributed by atoms with Gasteiger partial charge in [-0.05, 0) is 44.0 Å². The number of methoxy groups -OCH3 is 1. The third-order valence-corrected chi connectivity index (χ3v) is 6.70. The molecule has 1 fully saturated rings. The van der Waals surface area contributed by atoms with Crippen LogP contribution in [-0.2, 0) is 4.74 Å². The summed E-state index contributed by atoms with van der Waals surface area (Å²) in [4.78, 5) is 31.9. The Labute approximate surface area is 205 Å². The molecule has 0 aliphatic carbocycles. The van der Waals surface area contributed by atoms with Crippen LogP contribution in [0, 0.1) is 18.3 Å². The average molecular weight is 487 g/mol. The maximum absolute atomic E-state index is 13.3. The van der Waals surface area contributed by atoms with Crippen LogP contribution >= 0.6 is 11.3 Å². The number of nitriles is 1. The van der Waals surface area contributed by atoms with E-state index in [1.807, 2.05) is 6.92 Å². The predicted octanol–water partition coefficient (Wildman–Crippen LogP) is 4.48. The van der Waals surface area contributed by atoms with Crippen molar-refractivity contribution in [2.75, 3.05) is 25.6 Å². The minimum absolute atomic E-state index is 0.223. The topological polar surface area (TPSA) is 123 Å². The predicted molar refractivity (Wildman–Crippen MR) is 132 cm³/mol. The molecular weight excluding hydrogens is 464 g/mol. The number of rotatable bonds is 5. The molecule has 1 N–H and O–H groups in total. The Balaban J connectivity index is 1.46. The number of aromatic nitrogens is 4. The molecule has 35 heavy (non-hydrogen) atoms. The number of amides is 1. The maximum atomic E-state index is 13.3. The van der Waals surface area contributed by atoms with Crippen molar-refractivity contribution in [3.63, 3.8) is 0 Å². The summed E-state index contributed by atoms with van der Waals surface area (Å²) in [6.45, 7) is 3.26. The highest BCUT2D eigenvalue weighted by atomic mass is 32.1. The first-order valence-corrected chi connectivity index (χ1v) is 11.9. The van der Waals surface area contributed by atoms with Gasteiger partial charge in [-0.15, -0.1) is 0 Å². The molecule has 10 heteroatoms. The Morgan fingerprint density at radius 3 is 2.89 bits per heavy atom. The van der Waals surface area contributed by atoms with Gasteiger partial charge in [-0.25, -0.2) is 9.97 Å². The number of fused-ring (bicyclic) bond motifs is 1. The molecule has 1 aliphatic rings. The van der Waals surface area contributed by atoms with Crippen molar-refractivity contribution in [1.82, 2.24) is 19.9 Å². The minimum atomic E-state index is -0.378. The van der Waals surface area contributed by atoms with Crippen LogP contribution in [0.5, 0.6) is 5.75 Å². The van der Waals surface area contributed by atoms with Crippen LogP contribution in [0.1, 0.15) is 46.1 Å². The molecule has 5 rings (SSSR count). The highest BCUT2D eigenvalue weighted by molar-refractivity contribution is 7.21. The lowest BCUT2D eigenvalue weighted by Gasteiger charge is -2.20. The van der Waals surface area contributed by atoms with E-state index in [2.05, 4.69) is 26.3 Å². The van der Waals surface area contributed by atoms with Crippen LogP contribution in [0.3, 0.4) is 0 Å². The van der Waals surface area contributed by atoms with E-state index in [9.17, 15) is 10.1 Å². The van der Waals surface area contributed by atoms with E-state index >= 15 is 0 Å². The zero-order valence-electron chi connectivity index (χ0n) is 19.2. The average Bonchev–Trinajstić information content (AvgIpc) is 3.30. The lowest BCUT2D eigenvalue weighted by Crippen LogP contribution is -2.16. The first-order chi connectivity index (χ1) is 17.1. The second kappa shape index (κ2) is 9.74. The van der Waals surface area contributed by atoms with E-state index < -0.39 is 0 Å². The molecule has 0 saturated carbocycles. The summed E-state index contributed by atoms with van der Waals surface area (Å²) in [7, 11) is 1.55. The number of carbonyl (C=O) groups excluding carboxylic acids is 1. The van der Waals surface area contributed by atoms with Gasteiger partial charge in [0.05, 0.1) is 42.8 Å². The molecule has 176 valence electrons. The molecule has 1 aliphatic heterocycles. The zero-order chi connectivity index (χ0) is 24.4. The van der Waals surface area contributed by atoms with Crippen molar-refractivity contribution >= 4 is 32.9 Å². The molecule has 1 atom stereocenters. The summed E-state index contributed by atoms with van der Waals surface area (Å²) in [5, 5.41) is 12.6. The van der Waals surface area contributed by atoms with Crippen molar-refractivity contribution in [3.05, 3.63) is 59.2 Å². The Bertz CT molecular complexity index is 1460. The van der Waals surface area contributed by atoms with Crippen LogP contribution < -0.4 is 10.1 Å². The van der Waals surface area contributed by atoms with Crippen LogP contribution in [0.25, 0.3) is 21.6 Å². The molecule has 3 aromatic heterocycles. The number of hydrogen-bond donors (Lipinski definition) is 1. The third kappa shape index (κ3) is 4.69. The summed E-state index contributed by atoms with van der Waals surface area (Å²) in [6, 6.07) is 9.02. The number of nitrogens with zero attached hydrogens (tertiary/aromatic N) is 5. The highest BCUT2D eigenvalue weighted by Crippen LogP contribution is 2.34. The number of aryl methyl sites for hydroxylation is 1. The van der Waals surface area contributed by atoms with Crippen LogP contribution in [0.4, 0.5) is 5.13 Å². The number of pyridine rings is 1. The largest absolute Gasteiger partial charge is 0.496 e. The third-order valence-electron chi connectivity index (χ3n) is 5.84. The molecule has 4 aromatic rings. The number of anilines is 1. The Hall–Kier alpha value is -3.94. The van der Waals surface area contributed by atoms with Gasteiger partial charge in [0.25, 0.3) is 5.91 Å². The normalized spacial score (nSPS) is 15.5.